The van der Waals surface area contributed by atoms with E-state index in [1.54, 1.807) is 4.90 Å². The van der Waals surface area contributed by atoms with Crippen molar-refractivity contribution in [1.29, 1.82) is 5.26 Å². The summed E-state index contributed by atoms with van der Waals surface area (Å²) in [6.45, 7) is 4.62. The molecule has 1 aliphatic heterocycles. The third kappa shape index (κ3) is 4.82. The lowest BCUT2D eigenvalue weighted by atomic mass is 9.95. The van der Waals surface area contributed by atoms with Gasteiger partial charge in [0, 0.05) is 30.3 Å². The molecule has 2 unspecified atom stereocenters. The Morgan fingerprint density at radius 2 is 1.87 bits per heavy atom. The molecule has 0 spiro atoms. The fraction of sp³-hybridized carbons (Fsp3) is 0.348. The van der Waals surface area contributed by atoms with Crippen LogP contribution in [0.3, 0.4) is 0 Å². The SMILES string of the molecule is Cc1cc(C)cc(C(=O)N2CCCC(C(=O)NC(C#N)c3ccc(F)cc3F)C2)c1. The Kier molecular flexibility index (Phi) is 6.46. The highest BCUT2D eigenvalue weighted by Crippen LogP contribution is 2.23. The smallest absolute Gasteiger partial charge is 0.253 e. The molecule has 1 heterocycles. The number of amides is 2. The van der Waals surface area contributed by atoms with Crippen molar-refractivity contribution >= 4 is 11.8 Å². The van der Waals surface area contributed by atoms with E-state index in [-0.39, 0.29) is 18.0 Å². The quantitative estimate of drug-likeness (QED) is 0.831. The Morgan fingerprint density at radius 1 is 1.17 bits per heavy atom. The van der Waals surface area contributed by atoms with Crippen molar-refractivity contribution in [3.63, 3.8) is 0 Å². The van der Waals surface area contributed by atoms with Gasteiger partial charge in [-0.25, -0.2) is 8.78 Å². The second kappa shape index (κ2) is 9.04. The van der Waals surface area contributed by atoms with E-state index in [4.69, 9.17) is 0 Å². The first-order valence-electron chi connectivity index (χ1n) is 9.81. The predicted octanol–water partition coefficient (Wildman–Crippen LogP) is 3.81. The van der Waals surface area contributed by atoms with Crippen molar-refractivity contribution in [3.8, 4) is 6.07 Å². The van der Waals surface area contributed by atoms with Gasteiger partial charge < -0.3 is 10.2 Å². The Hall–Kier alpha value is -3.27. The van der Waals surface area contributed by atoms with Crippen LogP contribution in [0.4, 0.5) is 8.78 Å². The number of likely N-dealkylation sites (tertiary alicyclic amines) is 1. The molecular formula is C23H23F2N3O2. The number of benzene rings is 2. The van der Waals surface area contributed by atoms with Crippen molar-refractivity contribution in [2.75, 3.05) is 13.1 Å². The molecule has 0 aromatic heterocycles. The molecule has 3 rings (SSSR count). The van der Waals surface area contributed by atoms with E-state index in [1.807, 2.05) is 38.1 Å². The number of carbonyl (C=O) groups is 2. The minimum Gasteiger partial charge on any atom is -0.338 e. The molecule has 1 saturated heterocycles. The summed E-state index contributed by atoms with van der Waals surface area (Å²) in [5.74, 6) is -2.72. The number of nitrogens with one attached hydrogen (secondary N) is 1. The van der Waals surface area contributed by atoms with E-state index in [1.165, 1.54) is 0 Å². The number of nitrogens with zero attached hydrogens (tertiary/aromatic N) is 2. The fourth-order valence-corrected chi connectivity index (χ4v) is 3.83. The van der Waals surface area contributed by atoms with Crippen molar-refractivity contribution in [3.05, 3.63) is 70.3 Å². The summed E-state index contributed by atoms with van der Waals surface area (Å²) in [4.78, 5) is 27.3. The van der Waals surface area contributed by atoms with E-state index in [0.717, 1.165) is 23.3 Å². The molecule has 2 aromatic carbocycles. The van der Waals surface area contributed by atoms with Gasteiger partial charge in [-0.1, -0.05) is 23.3 Å². The average Bonchev–Trinajstić information content (AvgIpc) is 2.71. The number of hydrogen-bond acceptors (Lipinski definition) is 3. The van der Waals surface area contributed by atoms with Gasteiger partial charge in [-0.3, -0.25) is 9.59 Å². The summed E-state index contributed by atoms with van der Waals surface area (Å²) in [6, 6.07) is 9.11. The molecule has 0 radical (unpaired) electrons. The summed E-state index contributed by atoms with van der Waals surface area (Å²) in [5.41, 5.74) is 2.47. The number of hydrogen-bond donors (Lipinski definition) is 1. The van der Waals surface area contributed by atoms with Gasteiger partial charge in [0.15, 0.2) is 0 Å². The monoisotopic (exact) mass is 411 g/mol. The van der Waals surface area contributed by atoms with Gasteiger partial charge in [0.1, 0.15) is 17.7 Å². The van der Waals surface area contributed by atoms with Gasteiger partial charge in [0.2, 0.25) is 5.91 Å². The van der Waals surface area contributed by atoms with E-state index in [2.05, 4.69) is 5.32 Å². The van der Waals surface area contributed by atoms with Crippen LogP contribution in [-0.2, 0) is 4.79 Å². The van der Waals surface area contributed by atoms with Gasteiger partial charge in [0.25, 0.3) is 5.91 Å². The van der Waals surface area contributed by atoms with Crippen LogP contribution in [-0.4, -0.2) is 29.8 Å². The van der Waals surface area contributed by atoms with Gasteiger partial charge in [-0.2, -0.15) is 5.26 Å². The van der Waals surface area contributed by atoms with Gasteiger partial charge in [-0.15, -0.1) is 0 Å². The van der Waals surface area contributed by atoms with Crippen LogP contribution in [0.25, 0.3) is 0 Å². The standard InChI is InChI=1S/C23H23F2N3O2/c1-14-8-15(2)10-17(9-14)23(30)28-7-3-4-16(13-28)22(29)27-21(12-26)19-6-5-18(24)11-20(19)25/h5-6,8-11,16,21H,3-4,7,13H2,1-2H3,(H,27,29). The third-order valence-electron chi connectivity index (χ3n) is 5.24. The summed E-state index contributed by atoms with van der Waals surface area (Å²) in [7, 11) is 0. The minimum absolute atomic E-state index is 0.0915. The number of aryl methyl sites for hydroxylation is 2. The lowest BCUT2D eigenvalue weighted by Crippen LogP contribution is -2.46. The zero-order valence-electron chi connectivity index (χ0n) is 16.9. The summed E-state index contributed by atoms with van der Waals surface area (Å²) < 4.78 is 27.1. The number of nitriles is 1. The number of halogens is 2. The molecule has 156 valence electrons. The largest absolute Gasteiger partial charge is 0.338 e. The van der Waals surface area contributed by atoms with E-state index in [9.17, 15) is 23.6 Å². The molecule has 0 saturated carbocycles. The molecule has 1 fully saturated rings. The fourth-order valence-electron chi connectivity index (χ4n) is 3.83. The highest BCUT2D eigenvalue weighted by atomic mass is 19.1. The number of rotatable bonds is 4. The second-order valence-corrected chi connectivity index (χ2v) is 7.70. The molecule has 2 atom stereocenters. The summed E-state index contributed by atoms with van der Waals surface area (Å²) >= 11 is 0. The van der Waals surface area contributed by atoms with Crippen molar-refractivity contribution in [2.24, 2.45) is 5.92 Å². The highest BCUT2D eigenvalue weighted by Gasteiger charge is 2.31. The third-order valence-corrected chi connectivity index (χ3v) is 5.24. The van der Waals surface area contributed by atoms with Gasteiger partial charge in [-0.05, 0) is 44.9 Å². The topological polar surface area (TPSA) is 73.2 Å². The van der Waals surface area contributed by atoms with E-state index >= 15 is 0 Å². The number of piperidine rings is 1. The first kappa shape index (κ1) is 21.4. The van der Waals surface area contributed by atoms with Crippen LogP contribution in [0.2, 0.25) is 0 Å². The maximum Gasteiger partial charge on any atom is 0.253 e. The molecule has 7 heteroatoms. The number of carbonyl (C=O) groups excluding carboxylic acids is 2. The zero-order valence-corrected chi connectivity index (χ0v) is 16.9. The first-order chi connectivity index (χ1) is 14.3. The molecule has 0 bridgehead atoms. The lowest BCUT2D eigenvalue weighted by molar-refractivity contribution is -0.126. The van der Waals surface area contributed by atoms with Crippen molar-refractivity contribution in [2.45, 2.75) is 32.7 Å². The van der Waals surface area contributed by atoms with Crippen LogP contribution >= 0.6 is 0 Å². The highest BCUT2D eigenvalue weighted by molar-refractivity contribution is 5.95. The predicted molar refractivity (Wildman–Crippen MR) is 107 cm³/mol. The van der Waals surface area contributed by atoms with Crippen LogP contribution in [0.5, 0.6) is 0 Å². The maximum atomic E-state index is 14.0. The zero-order chi connectivity index (χ0) is 21.8. The molecule has 30 heavy (non-hydrogen) atoms. The summed E-state index contributed by atoms with van der Waals surface area (Å²) in [6.07, 6.45) is 1.21. The second-order valence-electron chi connectivity index (χ2n) is 7.70. The normalized spacial score (nSPS) is 17.2. The van der Waals surface area contributed by atoms with Crippen molar-refractivity contribution in [1.82, 2.24) is 10.2 Å². The molecule has 1 N–H and O–H groups in total. The molecule has 5 nitrogen and oxygen atoms in total. The van der Waals surface area contributed by atoms with E-state index < -0.39 is 29.5 Å². The van der Waals surface area contributed by atoms with Crippen LogP contribution in [0, 0.1) is 42.7 Å². The Balaban J connectivity index is 1.70. The average molecular weight is 411 g/mol. The van der Waals surface area contributed by atoms with Crippen LogP contribution < -0.4 is 5.32 Å². The molecule has 2 amide bonds. The van der Waals surface area contributed by atoms with Crippen LogP contribution in [0.15, 0.2) is 36.4 Å². The molecule has 0 aliphatic carbocycles. The van der Waals surface area contributed by atoms with Gasteiger partial charge in [0.05, 0.1) is 12.0 Å². The van der Waals surface area contributed by atoms with Gasteiger partial charge >= 0.3 is 0 Å². The lowest BCUT2D eigenvalue weighted by Gasteiger charge is -2.32. The van der Waals surface area contributed by atoms with E-state index in [0.29, 0.717) is 31.0 Å². The molecule has 2 aromatic rings. The minimum atomic E-state index is -1.23. The Labute approximate surface area is 174 Å². The Bertz CT molecular complexity index is 996. The summed E-state index contributed by atoms with van der Waals surface area (Å²) in [5, 5.41) is 11.9. The maximum absolute atomic E-state index is 14.0. The van der Waals surface area contributed by atoms with Crippen molar-refractivity contribution < 1.29 is 18.4 Å². The first-order valence-corrected chi connectivity index (χ1v) is 9.81. The van der Waals surface area contributed by atoms with Crippen LogP contribution in [0.1, 0.15) is 45.9 Å². The molecule has 1 aliphatic rings. The Morgan fingerprint density at radius 3 is 2.50 bits per heavy atom. The molecular weight excluding hydrogens is 388 g/mol.